The van der Waals surface area contributed by atoms with E-state index in [0.29, 0.717) is 13.0 Å². The molecule has 0 unspecified atom stereocenters. The molecule has 1 atom stereocenters. The topological polar surface area (TPSA) is 89.4 Å². The van der Waals surface area contributed by atoms with E-state index in [1.807, 2.05) is 6.92 Å². The predicted octanol–water partition coefficient (Wildman–Crippen LogP) is 0.618. The molecule has 0 aliphatic rings. The highest BCUT2D eigenvalue weighted by Gasteiger charge is 2.21. The molecule has 4 N–H and O–H groups in total. The molecule has 0 saturated heterocycles. The molecule has 0 rings (SSSR count). The number of rotatable bonds is 9. The lowest BCUT2D eigenvalue weighted by Crippen LogP contribution is -2.47. The van der Waals surface area contributed by atoms with Crippen LogP contribution in [0.5, 0.6) is 0 Å². The molecule has 0 saturated carbocycles. The minimum Gasteiger partial charge on any atom is -0.368 e. The maximum Gasteiger partial charge on any atom is 0.239 e. The summed E-state index contributed by atoms with van der Waals surface area (Å²) in [5.74, 6) is -0.650. The van der Waals surface area contributed by atoms with Crippen molar-refractivity contribution in [2.45, 2.75) is 52.0 Å². The summed E-state index contributed by atoms with van der Waals surface area (Å²) >= 11 is 0. The summed E-state index contributed by atoms with van der Waals surface area (Å²) in [7, 11) is 0. The molecular weight excluding hydrogens is 218 g/mol. The number of primary amides is 1. The molecule has 17 heavy (non-hydrogen) atoms. The Morgan fingerprint density at radius 2 is 1.76 bits per heavy atom. The van der Waals surface area contributed by atoms with E-state index in [1.165, 1.54) is 4.90 Å². The Morgan fingerprint density at radius 3 is 2.24 bits per heavy atom. The van der Waals surface area contributed by atoms with Gasteiger partial charge in [-0.3, -0.25) is 9.59 Å². The van der Waals surface area contributed by atoms with Gasteiger partial charge in [-0.1, -0.05) is 33.1 Å². The van der Waals surface area contributed by atoms with Gasteiger partial charge in [-0.25, -0.2) is 0 Å². The average Bonchev–Trinajstić information content (AvgIpc) is 2.29. The van der Waals surface area contributed by atoms with Gasteiger partial charge in [0.05, 0.1) is 12.6 Å². The Kier molecular flexibility index (Phi) is 8.40. The van der Waals surface area contributed by atoms with Crippen LogP contribution < -0.4 is 11.5 Å². The van der Waals surface area contributed by atoms with Crippen LogP contribution in [-0.4, -0.2) is 35.8 Å². The van der Waals surface area contributed by atoms with Crippen LogP contribution in [-0.2, 0) is 9.59 Å². The van der Waals surface area contributed by atoms with E-state index in [1.54, 1.807) is 0 Å². The Morgan fingerprint density at radius 1 is 1.18 bits per heavy atom. The molecule has 2 amide bonds. The third-order valence-electron chi connectivity index (χ3n) is 2.63. The molecule has 0 aliphatic heterocycles. The smallest absolute Gasteiger partial charge is 0.239 e. The van der Waals surface area contributed by atoms with E-state index in [-0.39, 0.29) is 12.5 Å². The summed E-state index contributed by atoms with van der Waals surface area (Å²) in [6.45, 7) is 4.61. The van der Waals surface area contributed by atoms with Gasteiger partial charge in [-0.05, 0) is 12.8 Å². The Balaban J connectivity index is 4.33. The van der Waals surface area contributed by atoms with Gasteiger partial charge in [0.2, 0.25) is 11.8 Å². The number of amides is 2. The average molecular weight is 243 g/mol. The van der Waals surface area contributed by atoms with Crippen molar-refractivity contribution in [3.63, 3.8) is 0 Å². The number of unbranched alkanes of at least 4 members (excludes halogenated alkanes) is 2. The van der Waals surface area contributed by atoms with Crippen molar-refractivity contribution in [3.05, 3.63) is 0 Å². The molecule has 100 valence electrons. The zero-order valence-electron chi connectivity index (χ0n) is 10.9. The van der Waals surface area contributed by atoms with Gasteiger partial charge in [-0.15, -0.1) is 0 Å². The lowest BCUT2D eigenvalue weighted by atomic mass is 10.1. The summed E-state index contributed by atoms with van der Waals surface area (Å²) in [4.78, 5) is 24.4. The van der Waals surface area contributed by atoms with E-state index < -0.39 is 11.9 Å². The van der Waals surface area contributed by atoms with Crippen molar-refractivity contribution in [2.24, 2.45) is 11.5 Å². The molecule has 0 radical (unpaired) electrons. The van der Waals surface area contributed by atoms with Crippen molar-refractivity contribution < 1.29 is 9.59 Å². The lowest BCUT2D eigenvalue weighted by Gasteiger charge is -2.24. The van der Waals surface area contributed by atoms with E-state index in [4.69, 9.17) is 11.5 Å². The van der Waals surface area contributed by atoms with Crippen LogP contribution in [0.2, 0.25) is 0 Å². The van der Waals surface area contributed by atoms with Gasteiger partial charge in [0.15, 0.2) is 0 Å². The zero-order chi connectivity index (χ0) is 13.3. The predicted molar refractivity (Wildman–Crippen MR) is 68.2 cm³/mol. The van der Waals surface area contributed by atoms with E-state index >= 15 is 0 Å². The van der Waals surface area contributed by atoms with Gasteiger partial charge in [0.25, 0.3) is 0 Å². The maximum absolute atomic E-state index is 12.0. The summed E-state index contributed by atoms with van der Waals surface area (Å²) in [5.41, 5.74) is 10.9. The fraction of sp³-hybridized carbons (Fsp3) is 0.833. The van der Waals surface area contributed by atoms with E-state index in [2.05, 4.69) is 6.92 Å². The van der Waals surface area contributed by atoms with Crippen LogP contribution >= 0.6 is 0 Å². The van der Waals surface area contributed by atoms with Gasteiger partial charge in [-0.2, -0.15) is 0 Å². The van der Waals surface area contributed by atoms with Crippen molar-refractivity contribution in [1.82, 2.24) is 4.90 Å². The highest BCUT2D eigenvalue weighted by atomic mass is 16.2. The summed E-state index contributed by atoms with van der Waals surface area (Å²) in [6, 6.07) is -0.508. The second-order valence-electron chi connectivity index (χ2n) is 4.33. The van der Waals surface area contributed by atoms with Crippen LogP contribution in [0.4, 0.5) is 0 Å². The number of hydrogen-bond donors (Lipinski definition) is 2. The van der Waals surface area contributed by atoms with Gasteiger partial charge in [0, 0.05) is 6.54 Å². The normalized spacial score (nSPS) is 12.2. The minimum absolute atomic E-state index is 0.0291. The molecule has 5 nitrogen and oxygen atoms in total. The fourth-order valence-corrected chi connectivity index (χ4v) is 1.59. The molecule has 0 heterocycles. The number of nitrogens with zero attached hydrogens (tertiary/aromatic N) is 1. The Labute approximate surface area is 104 Å². The summed E-state index contributed by atoms with van der Waals surface area (Å²) < 4.78 is 0. The highest BCUT2D eigenvalue weighted by Crippen LogP contribution is 2.04. The summed E-state index contributed by atoms with van der Waals surface area (Å²) in [6.07, 6.45) is 4.42. The van der Waals surface area contributed by atoms with Crippen LogP contribution in [0.25, 0.3) is 0 Å². The van der Waals surface area contributed by atoms with Crippen molar-refractivity contribution in [1.29, 1.82) is 0 Å². The maximum atomic E-state index is 12.0. The minimum atomic E-state index is -0.508. The number of carbonyl (C=O) groups excluding carboxylic acids is 2. The molecule has 0 aliphatic carbocycles. The Bertz CT molecular complexity index is 244. The number of hydrogen-bond acceptors (Lipinski definition) is 3. The Hall–Kier alpha value is -1.10. The quantitative estimate of drug-likeness (QED) is 0.622. The van der Waals surface area contributed by atoms with Crippen LogP contribution in [0.3, 0.4) is 0 Å². The number of carbonyl (C=O) groups is 2. The molecular formula is C12H25N3O2. The largest absolute Gasteiger partial charge is 0.368 e. The van der Waals surface area contributed by atoms with Crippen LogP contribution in [0, 0.1) is 0 Å². The highest BCUT2D eigenvalue weighted by molar-refractivity contribution is 5.86. The van der Waals surface area contributed by atoms with Gasteiger partial charge in [0.1, 0.15) is 0 Å². The van der Waals surface area contributed by atoms with E-state index in [0.717, 1.165) is 25.7 Å². The fourth-order valence-electron chi connectivity index (χ4n) is 1.59. The van der Waals surface area contributed by atoms with Crippen molar-refractivity contribution >= 4 is 11.8 Å². The molecule has 0 spiro atoms. The first-order chi connectivity index (χ1) is 8.02. The first-order valence-electron chi connectivity index (χ1n) is 6.35. The van der Waals surface area contributed by atoms with Crippen LogP contribution in [0.15, 0.2) is 0 Å². The first kappa shape index (κ1) is 15.9. The third kappa shape index (κ3) is 6.94. The zero-order valence-corrected chi connectivity index (χ0v) is 10.9. The van der Waals surface area contributed by atoms with Crippen LogP contribution in [0.1, 0.15) is 46.0 Å². The summed E-state index contributed by atoms with van der Waals surface area (Å²) in [5, 5.41) is 0. The van der Waals surface area contributed by atoms with E-state index in [9.17, 15) is 9.59 Å². The molecule has 0 fully saturated rings. The molecule has 0 aromatic carbocycles. The van der Waals surface area contributed by atoms with Gasteiger partial charge < -0.3 is 16.4 Å². The standard InChI is InChI=1S/C12H25N3O2/c1-3-5-7-10(13)12(17)15(8-6-4-2)9-11(14)16/h10H,3-9,13H2,1-2H3,(H2,14,16)/t10-/m0/s1. The second-order valence-corrected chi connectivity index (χ2v) is 4.33. The molecule has 5 heteroatoms. The van der Waals surface area contributed by atoms with Crippen molar-refractivity contribution in [3.8, 4) is 0 Å². The van der Waals surface area contributed by atoms with Gasteiger partial charge >= 0.3 is 0 Å². The SMILES string of the molecule is CCCC[C@H](N)C(=O)N(CCCC)CC(N)=O. The van der Waals surface area contributed by atoms with Crippen molar-refractivity contribution in [2.75, 3.05) is 13.1 Å². The second kappa shape index (κ2) is 8.98. The molecule has 0 aromatic heterocycles. The number of nitrogens with two attached hydrogens (primary N) is 2. The molecule has 0 bridgehead atoms. The molecule has 0 aromatic rings. The monoisotopic (exact) mass is 243 g/mol. The lowest BCUT2D eigenvalue weighted by molar-refractivity contribution is -0.136. The third-order valence-corrected chi connectivity index (χ3v) is 2.63. The first-order valence-corrected chi connectivity index (χ1v) is 6.35.